The van der Waals surface area contributed by atoms with Crippen LogP contribution in [0.2, 0.25) is 0 Å². The van der Waals surface area contributed by atoms with Gasteiger partial charge < -0.3 is 9.64 Å². The molecular weight excluding hydrogens is 368 g/mol. The summed E-state index contributed by atoms with van der Waals surface area (Å²) in [5.74, 6) is 0.862. The molecule has 0 bridgehead atoms. The van der Waals surface area contributed by atoms with Crippen LogP contribution in [0.25, 0.3) is 16.8 Å². The third kappa shape index (κ3) is 2.82. The van der Waals surface area contributed by atoms with Gasteiger partial charge in [-0.2, -0.15) is 10.2 Å². The number of hydrogen-bond donors (Lipinski definition) is 0. The molecule has 1 amide bonds. The highest BCUT2D eigenvalue weighted by molar-refractivity contribution is 5.87. The predicted molar refractivity (Wildman–Crippen MR) is 107 cm³/mol. The van der Waals surface area contributed by atoms with Gasteiger partial charge in [-0.3, -0.25) is 9.48 Å². The zero-order valence-electron chi connectivity index (χ0n) is 16.7. The molecule has 2 aliphatic rings. The van der Waals surface area contributed by atoms with Crippen molar-refractivity contribution >= 4 is 11.4 Å². The average molecular weight is 392 g/mol. The van der Waals surface area contributed by atoms with E-state index in [1.165, 1.54) is 6.08 Å². The quantitative estimate of drug-likeness (QED) is 0.638. The van der Waals surface area contributed by atoms with Crippen LogP contribution in [-0.2, 0) is 11.8 Å². The lowest BCUT2D eigenvalue weighted by Crippen LogP contribution is -2.67. The minimum atomic E-state index is -0.365. The number of piperidine rings is 1. The Bertz CT molecular complexity index is 1100. The highest BCUT2D eigenvalue weighted by atomic mass is 16.5. The molecule has 3 aromatic heterocycles. The summed E-state index contributed by atoms with van der Waals surface area (Å²) >= 11 is 0. The summed E-state index contributed by atoms with van der Waals surface area (Å²) in [7, 11) is 1.88. The fraction of sp³-hybridized carbons (Fsp3) is 0.429. The smallest absolute Gasteiger partial charge is 0.246 e. The first-order valence-corrected chi connectivity index (χ1v) is 9.94. The first-order chi connectivity index (χ1) is 14.0. The first-order valence-electron chi connectivity index (χ1n) is 9.94. The summed E-state index contributed by atoms with van der Waals surface area (Å²) < 4.78 is 10.1. The molecule has 2 fully saturated rings. The van der Waals surface area contributed by atoms with Crippen LogP contribution in [0.15, 0.2) is 43.5 Å². The molecule has 1 aliphatic carbocycles. The van der Waals surface area contributed by atoms with Gasteiger partial charge in [0, 0.05) is 43.7 Å². The number of hydrogen-bond acceptors (Lipinski definition) is 5. The number of rotatable bonds is 4. The fourth-order valence-electron chi connectivity index (χ4n) is 4.82. The third-order valence-corrected chi connectivity index (χ3v) is 6.32. The van der Waals surface area contributed by atoms with Crippen molar-refractivity contribution in [2.75, 3.05) is 6.54 Å². The second kappa shape index (κ2) is 6.43. The van der Waals surface area contributed by atoms with E-state index in [-0.39, 0.29) is 23.5 Å². The monoisotopic (exact) mass is 392 g/mol. The molecule has 4 heterocycles. The van der Waals surface area contributed by atoms with Crippen molar-refractivity contribution in [3.8, 4) is 17.1 Å². The Morgan fingerprint density at radius 2 is 2.24 bits per heavy atom. The minimum absolute atomic E-state index is 0.0108. The molecule has 3 atom stereocenters. The molecule has 29 heavy (non-hydrogen) atoms. The lowest BCUT2D eigenvalue weighted by molar-refractivity contribution is -0.161. The molecule has 5 rings (SSSR count). The highest BCUT2D eigenvalue weighted by Gasteiger charge is 2.57. The van der Waals surface area contributed by atoms with Crippen molar-refractivity contribution in [2.45, 2.75) is 37.8 Å². The zero-order chi connectivity index (χ0) is 20.2. The maximum absolute atomic E-state index is 12.2. The first kappa shape index (κ1) is 17.9. The second-order valence-electron chi connectivity index (χ2n) is 8.17. The van der Waals surface area contributed by atoms with Crippen molar-refractivity contribution in [2.24, 2.45) is 13.0 Å². The topological polar surface area (TPSA) is 77.6 Å². The summed E-state index contributed by atoms with van der Waals surface area (Å²) in [6.07, 6.45) is 11.5. The van der Waals surface area contributed by atoms with E-state index in [0.717, 1.165) is 42.6 Å². The number of fused-ring (bicyclic) bond motifs is 2. The van der Waals surface area contributed by atoms with Crippen molar-refractivity contribution in [1.82, 2.24) is 29.3 Å². The van der Waals surface area contributed by atoms with Crippen molar-refractivity contribution < 1.29 is 9.53 Å². The number of carbonyl (C=O) groups excluding carboxylic acids is 1. The van der Waals surface area contributed by atoms with E-state index >= 15 is 0 Å². The van der Waals surface area contributed by atoms with Gasteiger partial charge in [-0.1, -0.05) is 6.58 Å². The molecule has 0 aromatic carbocycles. The van der Waals surface area contributed by atoms with E-state index in [9.17, 15) is 4.79 Å². The summed E-state index contributed by atoms with van der Waals surface area (Å²) in [6.45, 7) is 6.56. The lowest BCUT2D eigenvalue weighted by atomic mass is 9.62. The maximum Gasteiger partial charge on any atom is 0.246 e. The van der Waals surface area contributed by atoms with Crippen LogP contribution in [0, 0.1) is 5.92 Å². The number of aryl methyl sites for hydroxylation is 1. The molecule has 3 aromatic rings. The van der Waals surface area contributed by atoms with Gasteiger partial charge in [-0.25, -0.2) is 9.50 Å². The van der Waals surface area contributed by atoms with E-state index in [4.69, 9.17) is 9.72 Å². The number of amides is 1. The van der Waals surface area contributed by atoms with Gasteiger partial charge in [-0.05, 0) is 31.9 Å². The van der Waals surface area contributed by atoms with Crippen LogP contribution >= 0.6 is 0 Å². The SMILES string of the molecule is C=CC(=O)N1CCC[C@@H]2[C@H]1CC2(C)Oc1nc(-c2cnn(C)c2)cn2nccc12. The van der Waals surface area contributed by atoms with Gasteiger partial charge in [0.15, 0.2) is 0 Å². The Morgan fingerprint density at radius 3 is 3.00 bits per heavy atom. The third-order valence-electron chi connectivity index (χ3n) is 6.32. The second-order valence-corrected chi connectivity index (χ2v) is 8.17. The molecule has 0 N–H and O–H groups in total. The Kier molecular flexibility index (Phi) is 3.97. The molecular formula is C21H24N6O2. The van der Waals surface area contributed by atoms with Crippen LogP contribution in [0.1, 0.15) is 26.2 Å². The van der Waals surface area contributed by atoms with Gasteiger partial charge in [-0.15, -0.1) is 0 Å². The summed E-state index contributed by atoms with van der Waals surface area (Å²) in [6, 6.07) is 2.12. The van der Waals surface area contributed by atoms with Crippen molar-refractivity contribution in [3.63, 3.8) is 0 Å². The van der Waals surface area contributed by atoms with E-state index in [0.29, 0.717) is 5.88 Å². The predicted octanol–water partition coefficient (Wildman–Crippen LogP) is 2.46. The number of likely N-dealkylation sites (tertiary alicyclic amines) is 1. The molecule has 1 aliphatic heterocycles. The Labute approximate surface area is 168 Å². The van der Waals surface area contributed by atoms with Gasteiger partial charge in [0.05, 0.1) is 24.3 Å². The Hall–Kier alpha value is -3.16. The van der Waals surface area contributed by atoms with Crippen LogP contribution < -0.4 is 4.74 Å². The summed E-state index contributed by atoms with van der Waals surface area (Å²) in [5.41, 5.74) is 2.13. The van der Waals surface area contributed by atoms with Gasteiger partial charge in [0.1, 0.15) is 11.1 Å². The molecule has 8 heteroatoms. The zero-order valence-corrected chi connectivity index (χ0v) is 16.7. The Balaban J connectivity index is 1.47. The van der Waals surface area contributed by atoms with Crippen LogP contribution in [0.5, 0.6) is 5.88 Å². The lowest BCUT2D eigenvalue weighted by Gasteiger charge is -2.58. The molecule has 8 nitrogen and oxygen atoms in total. The number of nitrogens with zero attached hydrogens (tertiary/aromatic N) is 6. The van der Waals surface area contributed by atoms with Crippen LogP contribution in [-0.4, -0.2) is 53.4 Å². The minimum Gasteiger partial charge on any atom is -0.469 e. The maximum atomic E-state index is 12.2. The summed E-state index contributed by atoms with van der Waals surface area (Å²) in [4.78, 5) is 18.9. The fourth-order valence-corrected chi connectivity index (χ4v) is 4.82. The van der Waals surface area contributed by atoms with Gasteiger partial charge >= 0.3 is 0 Å². The Morgan fingerprint density at radius 1 is 1.38 bits per heavy atom. The normalized spacial score (nSPS) is 26.1. The largest absolute Gasteiger partial charge is 0.469 e. The van der Waals surface area contributed by atoms with E-state index in [1.807, 2.05) is 30.4 Å². The summed E-state index contributed by atoms with van der Waals surface area (Å²) in [5, 5.41) is 8.62. The van der Waals surface area contributed by atoms with Crippen molar-refractivity contribution in [1.29, 1.82) is 0 Å². The number of carbonyl (C=O) groups is 1. The van der Waals surface area contributed by atoms with E-state index < -0.39 is 0 Å². The van der Waals surface area contributed by atoms with Crippen molar-refractivity contribution in [3.05, 3.63) is 43.5 Å². The van der Waals surface area contributed by atoms with Crippen LogP contribution in [0.4, 0.5) is 0 Å². The molecule has 0 radical (unpaired) electrons. The molecule has 1 unspecified atom stereocenters. The highest BCUT2D eigenvalue weighted by Crippen LogP contribution is 2.49. The van der Waals surface area contributed by atoms with Gasteiger partial charge in [0.2, 0.25) is 11.8 Å². The average Bonchev–Trinajstić information content (AvgIpc) is 3.35. The van der Waals surface area contributed by atoms with Gasteiger partial charge in [0.25, 0.3) is 0 Å². The van der Waals surface area contributed by atoms with Crippen LogP contribution in [0.3, 0.4) is 0 Å². The number of ether oxygens (including phenoxy) is 1. The van der Waals surface area contributed by atoms with E-state index in [2.05, 4.69) is 23.7 Å². The molecule has 0 spiro atoms. The van der Waals surface area contributed by atoms with E-state index in [1.54, 1.807) is 21.6 Å². The standard InChI is InChI=1S/C21H24N6O2/c1-4-19(28)26-9-5-6-15-18(26)10-21(15,2)29-20-17-7-8-22-27(17)13-16(24-20)14-11-23-25(3)12-14/h4,7-8,11-13,15,18H,1,5-6,9-10H2,2-3H3/t15-,18-,21?/m1/s1. The molecule has 1 saturated heterocycles. The number of aromatic nitrogens is 5. The molecule has 1 saturated carbocycles. The molecule has 150 valence electrons.